The van der Waals surface area contributed by atoms with Crippen molar-refractivity contribution in [2.24, 2.45) is 0 Å². The molecule has 0 atom stereocenters. The molecular formula is C18H23N5O. The summed E-state index contributed by atoms with van der Waals surface area (Å²) in [5.74, 6) is 0.606. The van der Waals surface area contributed by atoms with Crippen LogP contribution in [0.2, 0.25) is 0 Å². The molecule has 24 heavy (non-hydrogen) atoms. The van der Waals surface area contributed by atoms with Crippen LogP contribution in [0.4, 0.5) is 11.5 Å². The third-order valence-electron chi connectivity index (χ3n) is 4.00. The van der Waals surface area contributed by atoms with Crippen LogP contribution < -0.4 is 10.2 Å². The molecule has 0 aliphatic carbocycles. The van der Waals surface area contributed by atoms with Crippen LogP contribution in [0.25, 0.3) is 0 Å². The minimum atomic E-state index is -0.238. The molecule has 0 radical (unpaired) electrons. The van der Waals surface area contributed by atoms with Gasteiger partial charge in [-0.1, -0.05) is 12.1 Å². The van der Waals surface area contributed by atoms with Gasteiger partial charge in [-0.2, -0.15) is 0 Å². The number of hydrogen-bond acceptors (Lipinski definition) is 5. The molecule has 1 aliphatic rings. The maximum atomic E-state index is 12.3. The number of benzene rings is 1. The lowest BCUT2D eigenvalue weighted by Crippen LogP contribution is -2.21. The van der Waals surface area contributed by atoms with Crippen LogP contribution in [-0.4, -0.2) is 48.2 Å². The first-order valence-electron chi connectivity index (χ1n) is 8.25. The number of nitrogens with zero attached hydrogens (tertiary/aromatic N) is 4. The van der Waals surface area contributed by atoms with Crippen molar-refractivity contribution in [3.8, 4) is 0 Å². The Morgan fingerprint density at radius 3 is 2.62 bits per heavy atom. The standard InChI is InChI=1S/C18H23N5O/c1-22(2)13-14-6-5-7-15(12-14)19-18(24)16-8-9-17(21-20-16)23-10-3-4-11-23/h5-9,12H,3-4,10-11,13H2,1-2H3,(H,19,24). The molecule has 2 aromatic rings. The molecular weight excluding hydrogens is 302 g/mol. The van der Waals surface area contributed by atoms with E-state index in [2.05, 4.69) is 25.3 Å². The molecule has 126 valence electrons. The normalized spacial score (nSPS) is 14.2. The van der Waals surface area contributed by atoms with Crippen molar-refractivity contribution in [2.75, 3.05) is 37.4 Å². The molecule has 0 unspecified atom stereocenters. The van der Waals surface area contributed by atoms with E-state index in [-0.39, 0.29) is 5.91 Å². The number of carbonyl (C=O) groups excluding carboxylic acids is 1. The topological polar surface area (TPSA) is 61.4 Å². The molecule has 6 heteroatoms. The van der Waals surface area contributed by atoms with Crippen LogP contribution in [0.1, 0.15) is 28.9 Å². The first-order valence-corrected chi connectivity index (χ1v) is 8.25. The predicted molar refractivity (Wildman–Crippen MR) is 95.3 cm³/mol. The molecule has 1 aromatic carbocycles. The lowest BCUT2D eigenvalue weighted by atomic mass is 10.2. The average molecular weight is 325 g/mol. The van der Waals surface area contributed by atoms with E-state index in [0.29, 0.717) is 5.69 Å². The molecule has 1 aromatic heterocycles. The van der Waals surface area contributed by atoms with Crippen molar-refractivity contribution in [1.82, 2.24) is 15.1 Å². The first-order chi connectivity index (χ1) is 11.6. The molecule has 1 fully saturated rings. The maximum absolute atomic E-state index is 12.3. The van der Waals surface area contributed by atoms with Gasteiger partial charge < -0.3 is 15.1 Å². The van der Waals surface area contributed by atoms with Crippen LogP contribution in [0, 0.1) is 0 Å². The highest BCUT2D eigenvalue weighted by Crippen LogP contribution is 2.17. The zero-order chi connectivity index (χ0) is 16.9. The lowest BCUT2D eigenvalue weighted by molar-refractivity contribution is 0.102. The number of nitrogens with one attached hydrogen (secondary N) is 1. The number of hydrogen-bond donors (Lipinski definition) is 1. The summed E-state index contributed by atoms with van der Waals surface area (Å²) in [6.45, 7) is 2.85. The van der Waals surface area contributed by atoms with Gasteiger partial charge in [0.25, 0.3) is 5.91 Å². The Labute approximate surface area is 142 Å². The Morgan fingerprint density at radius 2 is 1.96 bits per heavy atom. The van der Waals surface area contributed by atoms with Gasteiger partial charge in [0, 0.05) is 25.3 Å². The van der Waals surface area contributed by atoms with Crippen LogP contribution in [0.5, 0.6) is 0 Å². The summed E-state index contributed by atoms with van der Waals surface area (Å²) in [5, 5.41) is 11.2. The van der Waals surface area contributed by atoms with Crippen LogP contribution in [-0.2, 0) is 6.54 Å². The molecule has 1 saturated heterocycles. The molecule has 3 rings (SSSR count). The van der Waals surface area contributed by atoms with Crippen molar-refractivity contribution in [3.05, 3.63) is 47.7 Å². The summed E-state index contributed by atoms with van der Waals surface area (Å²) in [5.41, 5.74) is 2.24. The van der Waals surface area contributed by atoms with Gasteiger partial charge in [-0.05, 0) is 56.8 Å². The second-order valence-corrected chi connectivity index (χ2v) is 6.36. The fourth-order valence-electron chi connectivity index (χ4n) is 2.87. The molecule has 1 aliphatic heterocycles. The van der Waals surface area contributed by atoms with Crippen molar-refractivity contribution >= 4 is 17.4 Å². The summed E-state index contributed by atoms with van der Waals surface area (Å²) in [6, 6.07) is 11.4. The average Bonchev–Trinajstić information content (AvgIpc) is 3.09. The van der Waals surface area contributed by atoms with E-state index in [9.17, 15) is 4.79 Å². The molecule has 1 N–H and O–H groups in total. The maximum Gasteiger partial charge on any atom is 0.276 e. The number of rotatable bonds is 5. The summed E-state index contributed by atoms with van der Waals surface area (Å²) in [6.07, 6.45) is 2.38. The van der Waals surface area contributed by atoms with E-state index >= 15 is 0 Å². The van der Waals surface area contributed by atoms with Crippen molar-refractivity contribution < 1.29 is 4.79 Å². The van der Waals surface area contributed by atoms with Crippen LogP contribution in [0.3, 0.4) is 0 Å². The molecule has 1 amide bonds. The fourth-order valence-corrected chi connectivity index (χ4v) is 2.87. The zero-order valence-electron chi connectivity index (χ0n) is 14.2. The van der Waals surface area contributed by atoms with Gasteiger partial charge in [0.2, 0.25) is 0 Å². The van der Waals surface area contributed by atoms with Crippen molar-refractivity contribution in [3.63, 3.8) is 0 Å². The Kier molecular flexibility index (Phi) is 5.05. The molecule has 0 spiro atoms. The highest BCUT2D eigenvalue weighted by molar-refractivity contribution is 6.02. The van der Waals surface area contributed by atoms with E-state index in [1.807, 2.05) is 44.4 Å². The molecule has 0 bridgehead atoms. The van der Waals surface area contributed by atoms with Gasteiger partial charge in [0.05, 0.1) is 0 Å². The zero-order valence-corrected chi connectivity index (χ0v) is 14.2. The van der Waals surface area contributed by atoms with Crippen LogP contribution >= 0.6 is 0 Å². The lowest BCUT2D eigenvalue weighted by Gasteiger charge is -2.15. The quantitative estimate of drug-likeness (QED) is 0.914. The van der Waals surface area contributed by atoms with E-state index < -0.39 is 0 Å². The Balaban J connectivity index is 1.66. The van der Waals surface area contributed by atoms with Gasteiger partial charge >= 0.3 is 0 Å². The summed E-state index contributed by atoms with van der Waals surface area (Å²) in [4.78, 5) is 16.6. The number of anilines is 2. The number of carbonyl (C=O) groups is 1. The Morgan fingerprint density at radius 1 is 1.17 bits per heavy atom. The van der Waals surface area contributed by atoms with E-state index in [1.54, 1.807) is 6.07 Å². The minimum absolute atomic E-state index is 0.238. The SMILES string of the molecule is CN(C)Cc1cccc(NC(=O)c2ccc(N3CCCC3)nn2)c1. The predicted octanol–water partition coefficient (Wildman–Crippen LogP) is 2.39. The van der Waals surface area contributed by atoms with Gasteiger partial charge in [-0.3, -0.25) is 4.79 Å². The van der Waals surface area contributed by atoms with Gasteiger partial charge in [0.1, 0.15) is 0 Å². The highest BCUT2D eigenvalue weighted by Gasteiger charge is 2.15. The number of aromatic nitrogens is 2. The van der Waals surface area contributed by atoms with Gasteiger partial charge in [-0.25, -0.2) is 0 Å². The summed E-state index contributed by atoms with van der Waals surface area (Å²) in [7, 11) is 4.03. The summed E-state index contributed by atoms with van der Waals surface area (Å²) < 4.78 is 0. The number of amides is 1. The monoisotopic (exact) mass is 325 g/mol. The van der Waals surface area contributed by atoms with E-state index in [1.165, 1.54) is 12.8 Å². The van der Waals surface area contributed by atoms with Gasteiger partial charge in [0.15, 0.2) is 11.5 Å². The largest absolute Gasteiger partial charge is 0.355 e. The van der Waals surface area contributed by atoms with Crippen LogP contribution in [0.15, 0.2) is 36.4 Å². The second-order valence-electron chi connectivity index (χ2n) is 6.36. The smallest absolute Gasteiger partial charge is 0.276 e. The van der Waals surface area contributed by atoms with E-state index in [0.717, 1.165) is 36.7 Å². The van der Waals surface area contributed by atoms with Crippen molar-refractivity contribution in [2.45, 2.75) is 19.4 Å². The molecule has 2 heterocycles. The fraction of sp³-hybridized carbons (Fsp3) is 0.389. The summed E-state index contributed by atoms with van der Waals surface area (Å²) >= 11 is 0. The molecule has 6 nitrogen and oxygen atoms in total. The highest BCUT2D eigenvalue weighted by atomic mass is 16.1. The minimum Gasteiger partial charge on any atom is -0.355 e. The van der Waals surface area contributed by atoms with Crippen molar-refractivity contribution in [1.29, 1.82) is 0 Å². The van der Waals surface area contributed by atoms with E-state index in [4.69, 9.17) is 0 Å². The Hall–Kier alpha value is -2.47. The van der Waals surface area contributed by atoms with Gasteiger partial charge in [-0.15, -0.1) is 10.2 Å². The Bertz CT molecular complexity index is 693. The third kappa shape index (κ3) is 4.08. The molecule has 0 saturated carbocycles. The first kappa shape index (κ1) is 16.4. The third-order valence-corrected chi connectivity index (χ3v) is 4.00. The second kappa shape index (κ2) is 7.40.